The second kappa shape index (κ2) is 7.30. The fraction of sp³-hybridized carbons (Fsp3) is 0.647. The molecule has 0 aromatic heterocycles. The van der Waals surface area contributed by atoms with Gasteiger partial charge in [0.2, 0.25) is 0 Å². The van der Waals surface area contributed by atoms with Crippen LogP contribution in [0.5, 0.6) is 0 Å². The molecule has 0 aliphatic carbocycles. The molecule has 0 amide bonds. The number of nitrogens with zero attached hydrogens (tertiary/aromatic N) is 2. The van der Waals surface area contributed by atoms with E-state index >= 15 is 0 Å². The number of rotatable bonds is 5. The SMILES string of the molecule is CC1CN(S(=O)(=O)N(C)C(c2ccccc2)C(C)C)CC(C)O1. The van der Waals surface area contributed by atoms with Crippen molar-refractivity contribution >= 4 is 10.2 Å². The van der Waals surface area contributed by atoms with Crippen molar-refractivity contribution in [2.24, 2.45) is 5.92 Å². The minimum atomic E-state index is -3.53. The van der Waals surface area contributed by atoms with Gasteiger partial charge < -0.3 is 4.74 Å². The molecule has 0 saturated carbocycles. The summed E-state index contributed by atoms with van der Waals surface area (Å²) >= 11 is 0. The van der Waals surface area contributed by atoms with Crippen molar-refractivity contribution in [2.45, 2.75) is 45.9 Å². The van der Waals surface area contributed by atoms with Crippen LogP contribution in [-0.4, -0.2) is 49.4 Å². The molecule has 6 heteroatoms. The zero-order chi connectivity index (χ0) is 17.2. The molecule has 5 nitrogen and oxygen atoms in total. The van der Waals surface area contributed by atoms with E-state index in [2.05, 4.69) is 0 Å². The largest absolute Gasteiger partial charge is 0.373 e. The van der Waals surface area contributed by atoms with E-state index in [1.54, 1.807) is 11.4 Å². The standard InChI is InChI=1S/C17H28N2O3S/c1-13(2)17(16-9-7-6-8-10-16)18(5)23(20,21)19-11-14(3)22-15(4)12-19/h6-10,13-15,17H,11-12H2,1-5H3. The highest BCUT2D eigenvalue weighted by atomic mass is 32.2. The maximum atomic E-state index is 13.1. The first-order valence-electron chi connectivity index (χ1n) is 8.17. The average Bonchev–Trinajstić information content (AvgIpc) is 2.47. The fourth-order valence-corrected chi connectivity index (χ4v) is 5.12. The Morgan fingerprint density at radius 3 is 2.13 bits per heavy atom. The molecule has 0 radical (unpaired) electrons. The Kier molecular flexibility index (Phi) is 5.84. The van der Waals surface area contributed by atoms with E-state index in [-0.39, 0.29) is 24.2 Å². The zero-order valence-corrected chi connectivity index (χ0v) is 15.5. The fourth-order valence-electron chi connectivity index (χ4n) is 3.31. The van der Waals surface area contributed by atoms with Crippen LogP contribution in [0.25, 0.3) is 0 Å². The highest BCUT2D eigenvalue weighted by molar-refractivity contribution is 7.86. The molecule has 2 rings (SSSR count). The molecule has 3 atom stereocenters. The Morgan fingerprint density at radius 2 is 1.65 bits per heavy atom. The van der Waals surface area contributed by atoms with Gasteiger partial charge in [-0.2, -0.15) is 17.0 Å². The number of hydrogen-bond acceptors (Lipinski definition) is 3. The molecule has 130 valence electrons. The van der Waals surface area contributed by atoms with Crippen molar-refractivity contribution in [3.05, 3.63) is 35.9 Å². The lowest BCUT2D eigenvalue weighted by molar-refractivity contribution is -0.0457. The van der Waals surface area contributed by atoms with Gasteiger partial charge in [0.15, 0.2) is 0 Å². The Morgan fingerprint density at radius 1 is 1.13 bits per heavy atom. The van der Waals surface area contributed by atoms with Crippen molar-refractivity contribution < 1.29 is 13.2 Å². The van der Waals surface area contributed by atoms with Crippen molar-refractivity contribution in [1.29, 1.82) is 0 Å². The number of morpholine rings is 1. The molecule has 0 N–H and O–H groups in total. The van der Waals surface area contributed by atoms with Crippen molar-refractivity contribution in [2.75, 3.05) is 20.1 Å². The molecule has 0 spiro atoms. The van der Waals surface area contributed by atoms with Crippen LogP contribution < -0.4 is 0 Å². The average molecular weight is 340 g/mol. The minimum absolute atomic E-state index is 0.0869. The van der Waals surface area contributed by atoms with Gasteiger partial charge in [-0.15, -0.1) is 0 Å². The predicted octanol–water partition coefficient (Wildman–Crippen LogP) is 2.67. The van der Waals surface area contributed by atoms with Crippen molar-refractivity contribution in [1.82, 2.24) is 8.61 Å². The summed E-state index contributed by atoms with van der Waals surface area (Å²) in [6.07, 6.45) is -0.174. The maximum absolute atomic E-state index is 13.1. The molecule has 1 aliphatic rings. The Bertz CT molecular complexity index is 594. The van der Waals surface area contributed by atoms with Crippen LogP contribution >= 0.6 is 0 Å². The summed E-state index contributed by atoms with van der Waals surface area (Å²) in [5.41, 5.74) is 1.02. The minimum Gasteiger partial charge on any atom is -0.373 e. The van der Waals surface area contributed by atoms with Crippen LogP contribution in [0.2, 0.25) is 0 Å². The topological polar surface area (TPSA) is 49.9 Å². The van der Waals surface area contributed by atoms with Gasteiger partial charge in [0, 0.05) is 20.1 Å². The molecular weight excluding hydrogens is 312 g/mol. The molecule has 1 aliphatic heterocycles. The maximum Gasteiger partial charge on any atom is 0.282 e. The van der Waals surface area contributed by atoms with Gasteiger partial charge in [0.1, 0.15) is 0 Å². The molecule has 1 fully saturated rings. The first kappa shape index (κ1) is 18.4. The molecule has 1 aromatic rings. The third-order valence-electron chi connectivity index (χ3n) is 4.24. The van der Waals surface area contributed by atoms with Gasteiger partial charge in [-0.05, 0) is 25.3 Å². The summed E-state index contributed by atoms with van der Waals surface area (Å²) in [7, 11) is -1.86. The number of ether oxygens (including phenoxy) is 1. The van der Waals surface area contributed by atoms with Gasteiger partial charge in [-0.25, -0.2) is 0 Å². The lowest BCUT2D eigenvalue weighted by atomic mass is 9.96. The van der Waals surface area contributed by atoms with Crippen LogP contribution in [0.4, 0.5) is 0 Å². The Hall–Kier alpha value is -0.950. The summed E-state index contributed by atoms with van der Waals surface area (Å²) < 4.78 is 34.9. The normalized spacial score (nSPS) is 25.0. The lowest BCUT2D eigenvalue weighted by Gasteiger charge is -2.39. The van der Waals surface area contributed by atoms with Gasteiger partial charge in [-0.3, -0.25) is 0 Å². The Labute approximate surface area is 140 Å². The van der Waals surface area contributed by atoms with E-state index in [0.29, 0.717) is 13.1 Å². The monoisotopic (exact) mass is 340 g/mol. The zero-order valence-electron chi connectivity index (χ0n) is 14.6. The third kappa shape index (κ3) is 4.12. The van der Waals surface area contributed by atoms with Gasteiger partial charge in [0.05, 0.1) is 18.2 Å². The summed E-state index contributed by atoms with van der Waals surface area (Å²) in [6, 6.07) is 9.63. The van der Waals surface area contributed by atoms with Gasteiger partial charge >= 0.3 is 0 Å². The van der Waals surface area contributed by atoms with Gasteiger partial charge in [-0.1, -0.05) is 44.2 Å². The molecular formula is C17H28N2O3S. The number of benzene rings is 1. The first-order chi connectivity index (χ1) is 10.7. The second-order valence-electron chi connectivity index (χ2n) is 6.70. The molecule has 1 heterocycles. The quantitative estimate of drug-likeness (QED) is 0.828. The molecule has 3 unspecified atom stereocenters. The van der Waals surface area contributed by atoms with E-state index in [4.69, 9.17) is 4.74 Å². The Balaban J connectivity index is 2.30. The van der Waals surface area contributed by atoms with E-state index < -0.39 is 10.2 Å². The van der Waals surface area contributed by atoms with Gasteiger partial charge in [0.25, 0.3) is 10.2 Å². The highest BCUT2D eigenvalue weighted by Gasteiger charge is 2.37. The smallest absolute Gasteiger partial charge is 0.282 e. The molecule has 1 saturated heterocycles. The van der Waals surface area contributed by atoms with E-state index in [1.165, 1.54) is 4.31 Å². The predicted molar refractivity (Wildman–Crippen MR) is 92.3 cm³/mol. The molecule has 23 heavy (non-hydrogen) atoms. The second-order valence-corrected chi connectivity index (χ2v) is 8.69. The molecule has 0 bridgehead atoms. The van der Waals surface area contributed by atoms with Crippen LogP contribution in [0.15, 0.2) is 30.3 Å². The highest BCUT2D eigenvalue weighted by Crippen LogP contribution is 2.31. The van der Waals surface area contributed by atoms with E-state index in [1.807, 2.05) is 58.0 Å². The van der Waals surface area contributed by atoms with Crippen LogP contribution in [-0.2, 0) is 14.9 Å². The summed E-state index contributed by atoms with van der Waals surface area (Å²) in [4.78, 5) is 0. The van der Waals surface area contributed by atoms with Crippen LogP contribution in [0, 0.1) is 5.92 Å². The molecule has 1 aromatic carbocycles. The van der Waals surface area contributed by atoms with E-state index in [9.17, 15) is 8.42 Å². The van der Waals surface area contributed by atoms with E-state index in [0.717, 1.165) is 5.56 Å². The van der Waals surface area contributed by atoms with Crippen LogP contribution in [0.3, 0.4) is 0 Å². The third-order valence-corrected chi connectivity index (χ3v) is 6.15. The first-order valence-corrected chi connectivity index (χ1v) is 9.56. The lowest BCUT2D eigenvalue weighted by Crippen LogP contribution is -2.53. The summed E-state index contributed by atoms with van der Waals surface area (Å²) in [6.45, 7) is 8.72. The summed E-state index contributed by atoms with van der Waals surface area (Å²) in [5.74, 6) is 0.174. The van der Waals surface area contributed by atoms with Crippen LogP contribution in [0.1, 0.15) is 39.3 Å². The number of hydrogen-bond donors (Lipinski definition) is 0. The summed E-state index contributed by atoms with van der Waals surface area (Å²) in [5, 5.41) is 0. The van der Waals surface area contributed by atoms with Crippen molar-refractivity contribution in [3.8, 4) is 0 Å². The van der Waals surface area contributed by atoms with Crippen molar-refractivity contribution in [3.63, 3.8) is 0 Å².